The Kier molecular flexibility index (Phi) is 48.9. The average molecular weight is 1870 g/mol. The standard InChI is InChI=1S/C37H50N10O20.C31H43N9O12.3CO.Tc/c48-26(6-4-22(35(63)64)41-37(67)42-23(36(65)66)5-7-29(51)52)40-21(34(61)62)3-1-2-10-43(13-24-38-8-11-44(24)15-27(49)46(17-30(53)54)18-31(55)56)14-25-39-9-12-45(25)16-28(50)47(19-32(57)58)20-33(59)60;32-19(27(47)33-9-3-1-6-20(28(48)49)34-30(52)35-21(29(50)51)7-8-24(41)42)5-2-4-14-40-17-22-36(15-25(43)44)10-12-38(22)31(40)39-13-11-37(16-26(45)46)23(39)18-40;3*1-2;/h8-9,11-12,21-23H,1-7,10,13-20H2,(H,40,48)(H,51,52)(H,53,54)(H,55,56)(H,57,58)(H,59,60)(H,61,62)(H,63,64)(H,65,66)(H2,41,42,67);10-13,19-21,31H,1-9,14-18,32H2,(H5-3,33,34,35,41,42,43,44,45,46,47,48,49,50,51,52);;;;/p+3/t21-,22?,23?;19-,20?,21?,31?,40?;;;;/m10..../s1/i;;;;;1+1. The Hall–Kier alpha value is -13.9. The number of aliphatic carboxylic acids is 13. The van der Waals surface area contributed by atoms with Crippen molar-refractivity contribution >= 4 is 113 Å². The Morgan fingerprint density at radius 1 is 0.452 bits per heavy atom. The monoisotopic (exact) mass is 1870 g/mol. The average Bonchev–Trinajstić information content (AvgIpc) is 1.54. The van der Waals surface area contributed by atoms with Crippen molar-refractivity contribution in [2.45, 2.75) is 191 Å². The molecule has 8 amide bonds. The van der Waals surface area contributed by atoms with Gasteiger partial charge in [-0.3, -0.25) is 52.8 Å². The van der Waals surface area contributed by atoms with Gasteiger partial charge in [0.25, 0.3) is 0 Å². The number of rotatable bonds is 55. The second-order valence-electron chi connectivity index (χ2n) is 27.7. The number of fused-ring (bicyclic) bond motifs is 5. The van der Waals surface area contributed by atoms with E-state index in [-0.39, 0.29) is 115 Å². The van der Waals surface area contributed by atoms with Gasteiger partial charge < -0.3 is 123 Å². The van der Waals surface area contributed by atoms with E-state index in [2.05, 4.69) is 51.2 Å². The fourth-order valence-electron chi connectivity index (χ4n) is 13.0. The number of hydrogen-bond donors (Lipinski definition) is 20. The number of carboxylic acids is 13. The molecule has 0 saturated heterocycles. The fourth-order valence-corrected chi connectivity index (χ4v) is 13.0. The molecule has 4 aromatic rings. The zero-order valence-electron chi connectivity index (χ0n) is 67.0. The summed E-state index contributed by atoms with van der Waals surface area (Å²) >= 11 is 0. The number of imidazole rings is 4. The third kappa shape index (κ3) is 37.9. The fraction of sp³-hybridized carbons (Fsp3) is 0.521. The SMILES string of the molecule is N[C@@H](CCCC[N+]12Cc3n(cc[n+]3CC(=O)O)C1n1cc[n+](CC(=O)O)c1C2)C(=O)NCCCCC(NC(=O)NC(CCC(=O)O)C(=O)O)C(=O)O.O=C(O)CCC(NC(=O)NC(CCC(=O)N[C@H](CCCCN(Cc1nccn1CC(=O)N(CC(=O)O)CC(=O)O)Cc1nccn1CC(=O)N(CC(=O)O)CC(=O)O)C(=O)O)C(=O)O)C(=O)O.[99Tc].[C-]#[O+].[C-]#[O+].[C-]#[O+]. The number of aromatic nitrogens is 8. The topological polar surface area (TPSA) is 808 Å². The summed E-state index contributed by atoms with van der Waals surface area (Å²) in [5, 5.41) is 134. The Labute approximate surface area is 726 Å². The molecule has 6 heterocycles. The van der Waals surface area contributed by atoms with Crippen molar-refractivity contribution in [3.63, 3.8) is 0 Å². The van der Waals surface area contributed by atoms with Gasteiger partial charge in [-0.1, -0.05) is 0 Å². The van der Waals surface area contributed by atoms with E-state index in [4.69, 9.17) is 29.9 Å². The third-order valence-electron chi connectivity index (χ3n) is 18.7. The predicted octanol–water partition coefficient (Wildman–Crippen LogP) is -5.71. The third-order valence-corrected chi connectivity index (χ3v) is 18.7. The van der Waals surface area contributed by atoms with Gasteiger partial charge in [0.05, 0.1) is 25.7 Å². The first-order valence-electron chi connectivity index (χ1n) is 37.3. The molecule has 2 aliphatic rings. The number of unbranched alkanes of at least 4 members (excludes halogenated alkanes) is 3. The summed E-state index contributed by atoms with van der Waals surface area (Å²) in [6.45, 7) is 10.2. The quantitative estimate of drug-likeness (QED) is 0.00644. The first-order chi connectivity index (χ1) is 59.1. The molecule has 4 aromatic heterocycles. The summed E-state index contributed by atoms with van der Waals surface area (Å²) in [7, 11) is 0. The number of hydrogen-bond acceptors (Lipinski definition) is 23. The zero-order valence-corrected chi connectivity index (χ0v) is 68.8. The summed E-state index contributed by atoms with van der Waals surface area (Å²) in [5.74, 6) is -18.8. The summed E-state index contributed by atoms with van der Waals surface area (Å²) in [5.41, 5.74) is 6.16. The van der Waals surface area contributed by atoms with E-state index in [1.54, 1.807) is 26.4 Å². The van der Waals surface area contributed by atoms with E-state index in [1.165, 1.54) is 33.9 Å². The molecule has 126 heavy (non-hydrogen) atoms. The van der Waals surface area contributed by atoms with Gasteiger partial charge in [0, 0.05) is 70.7 Å². The van der Waals surface area contributed by atoms with Crippen LogP contribution in [0, 0.1) is 20.0 Å². The summed E-state index contributed by atoms with van der Waals surface area (Å²) in [6.07, 6.45) is 11.5. The number of carboxylic acid groups (broad SMARTS) is 13. The molecule has 55 heteroatoms. The van der Waals surface area contributed by atoms with Crippen molar-refractivity contribution in [1.82, 2.24) is 74.8 Å². The van der Waals surface area contributed by atoms with Gasteiger partial charge in [-0.2, -0.15) is 0 Å². The minimum atomic E-state index is -1.75. The first-order valence-corrected chi connectivity index (χ1v) is 37.3. The van der Waals surface area contributed by atoms with Gasteiger partial charge in [0.15, 0.2) is 26.2 Å². The van der Waals surface area contributed by atoms with Crippen molar-refractivity contribution in [1.29, 1.82) is 0 Å². The van der Waals surface area contributed by atoms with E-state index < -0.39 is 215 Å². The van der Waals surface area contributed by atoms with Gasteiger partial charge in [-0.15, -0.1) is 9.13 Å². The molecule has 54 nitrogen and oxygen atoms in total. The van der Waals surface area contributed by atoms with E-state index in [9.17, 15) is 147 Å². The van der Waals surface area contributed by atoms with Gasteiger partial charge in [-0.25, -0.2) is 66.7 Å². The zero-order chi connectivity index (χ0) is 94.5. The second kappa shape index (κ2) is 56.0. The molecular formula is C71H96N19O35Tc+3. The van der Waals surface area contributed by atoms with Gasteiger partial charge in [0.2, 0.25) is 23.6 Å². The Bertz CT molecular complexity index is 4330. The van der Waals surface area contributed by atoms with Crippen molar-refractivity contribution in [2.75, 3.05) is 45.8 Å². The van der Waals surface area contributed by atoms with Crippen LogP contribution in [0.5, 0.6) is 0 Å². The van der Waals surface area contributed by atoms with Crippen LogP contribution in [0.3, 0.4) is 0 Å². The predicted molar refractivity (Wildman–Crippen MR) is 400 cm³/mol. The van der Waals surface area contributed by atoms with Crippen molar-refractivity contribution < 1.29 is 205 Å². The number of carbonyl (C=O) groups is 19. The van der Waals surface area contributed by atoms with Crippen LogP contribution >= 0.6 is 0 Å². The molecular weight excluding hydrogens is 1780 g/mol. The first kappa shape index (κ1) is 110. The molecule has 0 fully saturated rings. The maximum absolute atomic E-state index is 13.0. The molecule has 1 radical (unpaired) electrons. The number of urea groups is 2. The Morgan fingerprint density at radius 3 is 1.16 bits per heavy atom. The van der Waals surface area contributed by atoms with Crippen LogP contribution in [-0.2, 0) is 168 Å². The van der Waals surface area contributed by atoms with Gasteiger partial charge in [0.1, 0.15) is 106 Å². The van der Waals surface area contributed by atoms with Crippen molar-refractivity contribution in [3.05, 3.63) is 92.8 Å². The Balaban J connectivity index is 0.00000121. The van der Waals surface area contributed by atoms with Crippen LogP contribution < -0.4 is 46.8 Å². The van der Waals surface area contributed by atoms with E-state index >= 15 is 0 Å². The van der Waals surface area contributed by atoms with Crippen molar-refractivity contribution in [2.24, 2.45) is 5.73 Å². The summed E-state index contributed by atoms with van der Waals surface area (Å²) < 4.78 is 33.1. The van der Waals surface area contributed by atoms with E-state index in [1.807, 2.05) is 32.2 Å². The summed E-state index contributed by atoms with van der Waals surface area (Å²) in [6, 6.07) is -10.9. The molecule has 2 aliphatic heterocycles. The molecule has 689 valence electrons. The normalized spacial score (nSPS) is 14.2. The molecule has 4 unspecified atom stereocenters. The number of quaternary nitrogens is 1. The molecule has 0 aliphatic carbocycles. The minimum absolute atomic E-state index is 0. The molecule has 0 bridgehead atoms. The van der Waals surface area contributed by atoms with Crippen LogP contribution in [0.4, 0.5) is 9.59 Å². The number of nitrogens with two attached hydrogens (primary N) is 1. The molecule has 0 saturated carbocycles. The van der Waals surface area contributed by atoms with E-state index in [0.29, 0.717) is 66.0 Å². The number of carbonyl (C=O) groups excluding carboxylic acids is 6. The molecule has 21 N–H and O–H groups in total. The molecule has 6 rings (SSSR count). The Morgan fingerprint density at radius 2 is 0.802 bits per heavy atom. The van der Waals surface area contributed by atoms with Crippen LogP contribution in [0.15, 0.2) is 49.6 Å². The molecule has 0 aromatic carbocycles. The van der Waals surface area contributed by atoms with Crippen LogP contribution in [0.1, 0.15) is 126 Å². The van der Waals surface area contributed by atoms with Crippen molar-refractivity contribution in [3.8, 4) is 0 Å². The van der Waals surface area contributed by atoms with Gasteiger partial charge in [-0.05, 0) is 83.6 Å². The maximum atomic E-state index is 13.0. The molecule has 6 atom stereocenters. The summed E-state index contributed by atoms with van der Waals surface area (Å²) in [4.78, 5) is 235. The number of amides is 8. The van der Waals surface area contributed by atoms with Gasteiger partial charge >= 0.3 is 142 Å². The van der Waals surface area contributed by atoms with Crippen LogP contribution in [0.25, 0.3) is 0 Å². The number of nitrogens with zero attached hydrogens (tertiary/aromatic N) is 12. The van der Waals surface area contributed by atoms with Crippen LogP contribution in [-0.4, -0.2) is 309 Å². The second-order valence-corrected chi connectivity index (χ2v) is 27.7. The van der Waals surface area contributed by atoms with Crippen LogP contribution in [0.2, 0.25) is 0 Å². The molecule has 0 spiro atoms. The number of nitrogens with one attached hydrogen (secondary N) is 6. The van der Waals surface area contributed by atoms with E-state index in [0.717, 1.165) is 11.6 Å².